The maximum Gasteiger partial charge on any atom is 0.320 e. The van der Waals surface area contributed by atoms with E-state index in [0.29, 0.717) is 25.5 Å². The van der Waals surface area contributed by atoms with Crippen LogP contribution in [0.3, 0.4) is 0 Å². The molecule has 1 amide bonds. The summed E-state index contributed by atoms with van der Waals surface area (Å²) in [7, 11) is 1.58. The van der Waals surface area contributed by atoms with Gasteiger partial charge in [0.15, 0.2) is 0 Å². The second kappa shape index (κ2) is 7.45. The predicted octanol–water partition coefficient (Wildman–Crippen LogP) is 0.323. The normalized spacial score (nSPS) is 25.8. The van der Waals surface area contributed by atoms with Crippen LogP contribution in [-0.4, -0.2) is 60.8 Å². The summed E-state index contributed by atoms with van der Waals surface area (Å²) < 4.78 is 4.95. The highest BCUT2D eigenvalue weighted by molar-refractivity contribution is 5.80. The first-order valence-electron chi connectivity index (χ1n) is 6.69. The van der Waals surface area contributed by atoms with Gasteiger partial charge in [-0.15, -0.1) is 0 Å². The molecular formula is C13H24N2O4. The molecule has 3 atom stereocenters. The van der Waals surface area contributed by atoms with Crippen LogP contribution in [0.5, 0.6) is 0 Å². The van der Waals surface area contributed by atoms with Crippen LogP contribution in [0.4, 0.5) is 0 Å². The largest absolute Gasteiger partial charge is 0.480 e. The van der Waals surface area contributed by atoms with Crippen LogP contribution in [0.2, 0.25) is 0 Å². The number of carbonyl (C=O) groups excluding carboxylic acids is 1. The number of nitrogens with zero attached hydrogens (tertiary/aromatic N) is 1. The number of carboxylic acids is 1. The van der Waals surface area contributed by atoms with E-state index in [2.05, 4.69) is 5.32 Å². The van der Waals surface area contributed by atoms with E-state index in [0.717, 1.165) is 6.42 Å². The third-order valence-electron chi connectivity index (χ3n) is 3.43. The zero-order valence-corrected chi connectivity index (χ0v) is 11.9. The SMILES string of the molecule is COCC(C)NC(=O)CN1CCC(C)CC1C(=O)O. The molecule has 3 unspecified atom stereocenters. The fourth-order valence-electron chi connectivity index (χ4n) is 2.43. The van der Waals surface area contributed by atoms with Crippen molar-refractivity contribution in [1.29, 1.82) is 0 Å². The molecule has 110 valence electrons. The van der Waals surface area contributed by atoms with E-state index < -0.39 is 12.0 Å². The number of carbonyl (C=O) groups is 2. The first kappa shape index (κ1) is 15.9. The number of piperidine rings is 1. The molecule has 0 spiro atoms. The summed E-state index contributed by atoms with van der Waals surface area (Å²) >= 11 is 0. The molecule has 1 heterocycles. The minimum Gasteiger partial charge on any atom is -0.480 e. The van der Waals surface area contributed by atoms with Crippen molar-refractivity contribution in [2.24, 2.45) is 5.92 Å². The minimum absolute atomic E-state index is 0.0653. The van der Waals surface area contributed by atoms with Crippen LogP contribution in [0.1, 0.15) is 26.7 Å². The Morgan fingerprint density at radius 2 is 2.21 bits per heavy atom. The summed E-state index contributed by atoms with van der Waals surface area (Å²) in [6.07, 6.45) is 1.54. The van der Waals surface area contributed by atoms with Gasteiger partial charge in [0.25, 0.3) is 0 Å². The Morgan fingerprint density at radius 1 is 1.53 bits per heavy atom. The summed E-state index contributed by atoms with van der Waals surface area (Å²) in [6.45, 7) is 5.15. The number of hydrogen-bond acceptors (Lipinski definition) is 4. The van der Waals surface area contributed by atoms with E-state index in [4.69, 9.17) is 4.74 Å². The standard InChI is InChI=1S/C13H24N2O4/c1-9-4-5-15(11(6-9)13(17)18)7-12(16)14-10(2)8-19-3/h9-11H,4-8H2,1-3H3,(H,14,16)(H,17,18). The summed E-state index contributed by atoms with van der Waals surface area (Å²) in [5.74, 6) is -0.595. The quantitative estimate of drug-likeness (QED) is 0.728. The van der Waals surface area contributed by atoms with Crippen LogP contribution in [-0.2, 0) is 14.3 Å². The Bertz CT molecular complexity index is 322. The highest BCUT2D eigenvalue weighted by Gasteiger charge is 2.32. The number of amides is 1. The molecule has 0 radical (unpaired) electrons. The molecule has 0 aromatic rings. The van der Waals surface area contributed by atoms with E-state index in [1.807, 2.05) is 13.8 Å². The molecule has 1 rings (SSSR count). The van der Waals surface area contributed by atoms with Gasteiger partial charge in [-0.2, -0.15) is 0 Å². The third-order valence-corrected chi connectivity index (χ3v) is 3.43. The van der Waals surface area contributed by atoms with Crippen molar-refractivity contribution >= 4 is 11.9 Å². The van der Waals surface area contributed by atoms with Crippen molar-refractivity contribution < 1.29 is 19.4 Å². The molecule has 6 heteroatoms. The highest BCUT2D eigenvalue weighted by atomic mass is 16.5. The second-order valence-electron chi connectivity index (χ2n) is 5.38. The van der Waals surface area contributed by atoms with Crippen LogP contribution in [0.15, 0.2) is 0 Å². The molecule has 0 aromatic carbocycles. The maximum atomic E-state index is 11.8. The number of ether oxygens (including phenoxy) is 1. The van der Waals surface area contributed by atoms with Crippen LogP contribution in [0.25, 0.3) is 0 Å². The molecule has 1 aliphatic heterocycles. The first-order chi connectivity index (χ1) is 8.93. The molecule has 1 aliphatic rings. The van der Waals surface area contributed by atoms with Gasteiger partial charge in [-0.3, -0.25) is 14.5 Å². The van der Waals surface area contributed by atoms with E-state index in [9.17, 15) is 14.7 Å². The molecule has 6 nitrogen and oxygen atoms in total. The predicted molar refractivity (Wildman–Crippen MR) is 70.9 cm³/mol. The number of methoxy groups -OCH3 is 1. The summed E-state index contributed by atoms with van der Waals surface area (Å²) in [5.41, 5.74) is 0. The van der Waals surface area contributed by atoms with Gasteiger partial charge in [0, 0.05) is 13.2 Å². The zero-order chi connectivity index (χ0) is 14.4. The monoisotopic (exact) mass is 272 g/mol. The van der Waals surface area contributed by atoms with Crippen molar-refractivity contribution in [3.63, 3.8) is 0 Å². The fraction of sp³-hybridized carbons (Fsp3) is 0.846. The Labute approximate surface area is 114 Å². The average Bonchev–Trinajstić information content (AvgIpc) is 2.31. The van der Waals surface area contributed by atoms with Gasteiger partial charge in [-0.25, -0.2) is 0 Å². The topological polar surface area (TPSA) is 78.9 Å². The number of rotatable bonds is 6. The Balaban J connectivity index is 2.49. The van der Waals surface area contributed by atoms with Gasteiger partial charge in [-0.05, 0) is 32.2 Å². The van der Waals surface area contributed by atoms with E-state index >= 15 is 0 Å². The Hall–Kier alpha value is -1.14. The lowest BCUT2D eigenvalue weighted by atomic mass is 9.92. The van der Waals surface area contributed by atoms with Crippen molar-refractivity contribution in [3.8, 4) is 0 Å². The van der Waals surface area contributed by atoms with Gasteiger partial charge in [0.1, 0.15) is 6.04 Å². The van der Waals surface area contributed by atoms with Gasteiger partial charge < -0.3 is 15.2 Å². The molecule has 1 saturated heterocycles. The number of aliphatic carboxylic acids is 1. The minimum atomic E-state index is -0.843. The zero-order valence-electron chi connectivity index (χ0n) is 11.9. The Morgan fingerprint density at radius 3 is 2.79 bits per heavy atom. The lowest BCUT2D eigenvalue weighted by molar-refractivity contribution is -0.146. The molecule has 2 N–H and O–H groups in total. The molecular weight excluding hydrogens is 248 g/mol. The first-order valence-corrected chi connectivity index (χ1v) is 6.69. The van der Waals surface area contributed by atoms with Gasteiger partial charge in [0.2, 0.25) is 5.91 Å². The van der Waals surface area contributed by atoms with Gasteiger partial charge in [-0.1, -0.05) is 6.92 Å². The smallest absolute Gasteiger partial charge is 0.320 e. The van der Waals surface area contributed by atoms with Crippen LogP contribution in [0, 0.1) is 5.92 Å². The Kier molecular flexibility index (Phi) is 6.24. The van der Waals surface area contributed by atoms with Gasteiger partial charge in [0.05, 0.1) is 13.2 Å². The summed E-state index contributed by atoms with van der Waals surface area (Å²) in [6, 6.07) is -0.614. The molecule has 0 saturated carbocycles. The number of carboxylic acid groups (broad SMARTS) is 1. The lowest BCUT2D eigenvalue weighted by Crippen LogP contribution is -2.51. The number of hydrogen-bond donors (Lipinski definition) is 2. The fourth-order valence-corrected chi connectivity index (χ4v) is 2.43. The summed E-state index contributed by atoms with van der Waals surface area (Å²) in [5, 5.41) is 12.0. The molecule has 0 aliphatic carbocycles. The molecule has 0 aromatic heterocycles. The van der Waals surface area contributed by atoms with Crippen molar-refractivity contribution in [2.45, 2.75) is 38.8 Å². The third kappa shape index (κ3) is 5.16. The second-order valence-corrected chi connectivity index (χ2v) is 5.38. The maximum absolute atomic E-state index is 11.8. The van der Waals surface area contributed by atoms with E-state index in [1.54, 1.807) is 12.0 Å². The molecule has 1 fully saturated rings. The van der Waals surface area contributed by atoms with Crippen molar-refractivity contribution in [2.75, 3.05) is 26.8 Å². The number of nitrogens with one attached hydrogen (secondary N) is 1. The van der Waals surface area contributed by atoms with E-state index in [1.165, 1.54) is 0 Å². The molecule has 0 bridgehead atoms. The van der Waals surface area contributed by atoms with E-state index in [-0.39, 0.29) is 18.5 Å². The van der Waals surface area contributed by atoms with Crippen molar-refractivity contribution in [1.82, 2.24) is 10.2 Å². The average molecular weight is 272 g/mol. The highest BCUT2D eigenvalue weighted by Crippen LogP contribution is 2.22. The van der Waals surface area contributed by atoms with Crippen LogP contribution < -0.4 is 5.32 Å². The number of likely N-dealkylation sites (tertiary alicyclic amines) is 1. The molecule has 19 heavy (non-hydrogen) atoms. The van der Waals surface area contributed by atoms with Gasteiger partial charge >= 0.3 is 5.97 Å². The van der Waals surface area contributed by atoms with Crippen molar-refractivity contribution in [3.05, 3.63) is 0 Å². The lowest BCUT2D eigenvalue weighted by Gasteiger charge is -2.35. The van der Waals surface area contributed by atoms with Crippen LogP contribution >= 0.6 is 0 Å². The summed E-state index contributed by atoms with van der Waals surface area (Å²) in [4.78, 5) is 24.8.